The number of carbonyl (C=O) groups is 3. The van der Waals surface area contributed by atoms with Crippen LogP contribution in [0.4, 0.5) is 8.78 Å². The van der Waals surface area contributed by atoms with E-state index in [1.165, 1.54) is 42.3 Å². The zero-order valence-electron chi connectivity index (χ0n) is 22.4. The lowest BCUT2D eigenvalue weighted by Crippen LogP contribution is -2.49. The second-order valence-corrected chi connectivity index (χ2v) is 10.9. The van der Waals surface area contributed by atoms with E-state index in [1.807, 2.05) is 13.8 Å². The average Bonchev–Trinajstić information content (AvgIpc) is 3.31. The third-order valence-corrected chi connectivity index (χ3v) is 8.18. The zero-order valence-corrected chi connectivity index (χ0v) is 23.9. The second-order valence-electron chi connectivity index (χ2n) is 10.1. The number of likely N-dealkylation sites (N-methyl/N-ethyl adjacent to an activating group) is 1. The first kappa shape index (κ1) is 28.8. The van der Waals surface area contributed by atoms with Gasteiger partial charge in [0.2, 0.25) is 5.91 Å². The molecule has 0 spiro atoms. The Morgan fingerprint density at radius 2 is 1.78 bits per heavy atom. The number of benzene rings is 2. The minimum Gasteiger partial charge on any atom is -0.435 e. The summed E-state index contributed by atoms with van der Waals surface area (Å²) in [6.45, 7) is 1.14. The van der Waals surface area contributed by atoms with Crippen LogP contribution < -0.4 is 10.1 Å². The van der Waals surface area contributed by atoms with Gasteiger partial charge in [0.05, 0.1) is 28.3 Å². The van der Waals surface area contributed by atoms with Gasteiger partial charge in [0.15, 0.2) is 0 Å². The third-order valence-electron chi connectivity index (χ3n) is 7.44. The van der Waals surface area contributed by atoms with Crippen LogP contribution in [0.2, 0.25) is 10.0 Å². The van der Waals surface area contributed by atoms with E-state index < -0.39 is 24.5 Å². The van der Waals surface area contributed by atoms with Crippen molar-refractivity contribution >= 4 is 40.9 Å². The minimum absolute atomic E-state index is 0.0641. The molecule has 1 N–H and O–H groups in total. The van der Waals surface area contributed by atoms with Crippen LogP contribution in [-0.4, -0.2) is 63.5 Å². The molecule has 3 amide bonds. The highest BCUT2D eigenvalue weighted by Crippen LogP contribution is 2.36. The van der Waals surface area contributed by atoms with Gasteiger partial charge in [-0.3, -0.25) is 19.1 Å². The van der Waals surface area contributed by atoms with Crippen molar-refractivity contribution in [1.29, 1.82) is 0 Å². The fourth-order valence-corrected chi connectivity index (χ4v) is 5.72. The Morgan fingerprint density at radius 1 is 1.07 bits per heavy atom. The highest BCUT2D eigenvalue weighted by Gasteiger charge is 2.43. The van der Waals surface area contributed by atoms with Crippen LogP contribution in [0, 0.1) is 0 Å². The van der Waals surface area contributed by atoms with Gasteiger partial charge >= 0.3 is 6.61 Å². The summed E-state index contributed by atoms with van der Waals surface area (Å²) in [4.78, 5) is 43.8. The van der Waals surface area contributed by atoms with E-state index in [0.717, 1.165) is 5.69 Å². The molecular formula is C28H27Cl2F2N5O4. The minimum atomic E-state index is -2.99. The number of halogens is 4. The first-order valence-electron chi connectivity index (χ1n) is 12.9. The van der Waals surface area contributed by atoms with Gasteiger partial charge in [-0.15, -0.1) is 0 Å². The summed E-state index contributed by atoms with van der Waals surface area (Å²) >= 11 is 12.2. The van der Waals surface area contributed by atoms with Crippen molar-refractivity contribution in [3.63, 3.8) is 0 Å². The summed E-state index contributed by atoms with van der Waals surface area (Å²) in [7, 11) is 1.46. The van der Waals surface area contributed by atoms with Gasteiger partial charge in [-0.25, -0.2) is 0 Å². The molecular weight excluding hydrogens is 579 g/mol. The molecule has 9 nitrogen and oxygen atoms in total. The molecule has 2 aliphatic rings. The quantitative estimate of drug-likeness (QED) is 0.432. The van der Waals surface area contributed by atoms with Crippen LogP contribution in [0.25, 0.3) is 0 Å². The van der Waals surface area contributed by atoms with Crippen molar-refractivity contribution in [2.75, 3.05) is 13.6 Å². The Hall–Kier alpha value is -3.70. The van der Waals surface area contributed by atoms with Crippen molar-refractivity contribution in [2.45, 2.75) is 51.6 Å². The molecule has 1 aromatic heterocycles. The van der Waals surface area contributed by atoms with Crippen molar-refractivity contribution < 1.29 is 27.9 Å². The van der Waals surface area contributed by atoms with Gasteiger partial charge in [0, 0.05) is 37.2 Å². The number of hydrogen-bond acceptors (Lipinski definition) is 5. The number of hydrogen-bond donors (Lipinski definition) is 1. The number of nitrogens with one attached hydrogen (secondary N) is 1. The summed E-state index contributed by atoms with van der Waals surface area (Å²) in [5, 5.41) is 7.94. The molecule has 3 heterocycles. The zero-order chi connectivity index (χ0) is 29.6. The van der Waals surface area contributed by atoms with Gasteiger partial charge in [-0.1, -0.05) is 35.3 Å². The fraction of sp³-hybridized carbons (Fsp3) is 0.357. The molecule has 5 rings (SSSR count). The Labute approximate surface area is 244 Å². The number of aromatic nitrogens is 2. The summed E-state index contributed by atoms with van der Waals surface area (Å²) in [5.41, 5.74) is 2.45. The standard InChI is InChI=1S/C28H27Cl2F2N5O4/c1-14-10-22-19(13-35(14)26(39)17-6-9-20(29)21(30)11-17)24-27(40)36(12-15(2)37(24)34-22)23(25(38)33-3)16-4-7-18(8-5-16)41-28(31)32/h4-9,11,14-15,23,28H,10,12-13H2,1-3H3,(H,33,38)/t14-,15-,23?/m1/s1. The Balaban J connectivity index is 1.49. The van der Waals surface area contributed by atoms with Crippen LogP contribution in [0.15, 0.2) is 42.5 Å². The largest absolute Gasteiger partial charge is 0.435 e. The van der Waals surface area contributed by atoms with Gasteiger partial charge in [-0.05, 0) is 49.7 Å². The SMILES string of the molecule is CNC(=O)C(c1ccc(OC(F)F)cc1)N1C[C@@H](C)n2nc3c(c2C1=O)CN(C(=O)c1ccc(Cl)c(Cl)c1)[C@H](C)C3. The first-order chi connectivity index (χ1) is 19.5. The third kappa shape index (κ3) is 5.36. The molecule has 13 heteroatoms. The summed E-state index contributed by atoms with van der Waals surface area (Å²) in [5.74, 6) is -1.19. The number of nitrogens with zero attached hydrogens (tertiary/aromatic N) is 4. The summed E-state index contributed by atoms with van der Waals surface area (Å²) in [6.07, 6.45) is 0.437. The number of carbonyl (C=O) groups excluding carboxylic acids is 3. The molecule has 216 valence electrons. The highest BCUT2D eigenvalue weighted by atomic mass is 35.5. The van der Waals surface area contributed by atoms with Crippen LogP contribution in [-0.2, 0) is 17.8 Å². The number of rotatable bonds is 6. The van der Waals surface area contributed by atoms with Crippen molar-refractivity contribution in [3.8, 4) is 5.75 Å². The average molecular weight is 606 g/mol. The molecule has 1 unspecified atom stereocenters. The summed E-state index contributed by atoms with van der Waals surface area (Å²) < 4.78 is 31.4. The molecule has 0 aliphatic carbocycles. The van der Waals surface area contributed by atoms with E-state index in [1.54, 1.807) is 21.7 Å². The van der Waals surface area contributed by atoms with E-state index in [-0.39, 0.29) is 41.9 Å². The van der Waals surface area contributed by atoms with E-state index in [0.29, 0.717) is 33.8 Å². The number of alkyl halides is 2. The number of amides is 3. The van der Waals surface area contributed by atoms with Crippen molar-refractivity contribution in [1.82, 2.24) is 24.9 Å². The monoisotopic (exact) mass is 605 g/mol. The van der Waals surface area contributed by atoms with E-state index in [9.17, 15) is 23.2 Å². The van der Waals surface area contributed by atoms with Crippen molar-refractivity contribution in [2.24, 2.45) is 0 Å². The lowest BCUT2D eigenvalue weighted by atomic mass is 9.96. The summed E-state index contributed by atoms with van der Waals surface area (Å²) in [6, 6.07) is 8.79. The van der Waals surface area contributed by atoms with E-state index in [2.05, 4.69) is 10.1 Å². The Bertz CT molecular complexity index is 1510. The normalized spacial score (nSPS) is 19.1. The molecule has 0 fully saturated rings. The molecule has 3 atom stereocenters. The molecule has 0 saturated carbocycles. The molecule has 3 aromatic rings. The predicted octanol–water partition coefficient (Wildman–Crippen LogP) is 4.88. The Kier molecular flexibility index (Phi) is 7.93. The second kappa shape index (κ2) is 11.3. The van der Waals surface area contributed by atoms with E-state index >= 15 is 0 Å². The predicted molar refractivity (Wildman–Crippen MR) is 147 cm³/mol. The number of fused-ring (bicyclic) bond motifs is 3. The lowest BCUT2D eigenvalue weighted by Gasteiger charge is -2.38. The molecule has 2 aromatic carbocycles. The fourth-order valence-electron chi connectivity index (χ4n) is 5.42. The van der Waals surface area contributed by atoms with Gasteiger partial charge < -0.3 is 19.9 Å². The van der Waals surface area contributed by atoms with Gasteiger partial charge in [0.25, 0.3) is 11.8 Å². The number of ether oxygens (including phenoxy) is 1. The maximum atomic E-state index is 14.1. The molecule has 41 heavy (non-hydrogen) atoms. The topological polar surface area (TPSA) is 96.8 Å². The van der Waals surface area contributed by atoms with Gasteiger partial charge in [0.1, 0.15) is 17.5 Å². The highest BCUT2D eigenvalue weighted by molar-refractivity contribution is 6.42. The molecule has 0 bridgehead atoms. The Morgan fingerprint density at radius 3 is 2.41 bits per heavy atom. The molecule has 0 saturated heterocycles. The molecule has 2 aliphatic heterocycles. The maximum absolute atomic E-state index is 14.1. The first-order valence-corrected chi connectivity index (χ1v) is 13.7. The molecule has 0 radical (unpaired) electrons. The van der Waals surface area contributed by atoms with E-state index in [4.69, 9.17) is 28.3 Å². The van der Waals surface area contributed by atoms with Crippen LogP contribution in [0.1, 0.15) is 63.6 Å². The lowest BCUT2D eigenvalue weighted by molar-refractivity contribution is -0.125. The van der Waals surface area contributed by atoms with Crippen LogP contribution in [0.5, 0.6) is 5.75 Å². The van der Waals surface area contributed by atoms with Gasteiger partial charge in [-0.2, -0.15) is 13.9 Å². The van der Waals surface area contributed by atoms with Crippen LogP contribution in [0.3, 0.4) is 0 Å². The van der Waals surface area contributed by atoms with Crippen LogP contribution >= 0.6 is 23.2 Å². The maximum Gasteiger partial charge on any atom is 0.387 e. The van der Waals surface area contributed by atoms with Crippen molar-refractivity contribution in [3.05, 3.63) is 80.6 Å². The smallest absolute Gasteiger partial charge is 0.387 e.